The molecule has 0 aliphatic rings. The summed E-state index contributed by atoms with van der Waals surface area (Å²) in [5.41, 5.74) is 3.16. The Morgan fingerprint density at radius 3 is 2.73 bits per heavy atom. The van der Waals surface area contributed by atoms with E-state index in [0.29, 0.717) is 22.9 Å². The summed E-state index contributed by atoms with van der Waals surface area (Å²) in [6.07, 6.45) is 1.38. The third-order valence-electron chi connectivity index (χ3n) is 4.03. The summed E-state index contributed by atoms with van der Waals surface area (Å²) >= 11 is 6.11. The van der Waals surface area contributed by atoms with Gasteiger partial charge in [-0.15, -0.1) is 0 Å². The first-order valence-electron chi connectivity index (χ1n) is 8.71. The molecule has 0 unspecified atom stereocenters. The molecule has 1 amide bonds. The molecule has 0 aromatic heterocycles. The highest BCUT2D eigenvalue weighted by atomic mass is 35.5. The van der Waals surface area contributed by atoms with Crippen molar-refractivity contribution in [1.82, 2.24) is 5.43 Å². The van der Waals surface area contributed by atoms with Crippen LogP contribution in [-0.2, 0) is 6.61 Å². The van der Waals surface area contributed by atoms with Crippen molar-refractivity contribution in [3.63, 3.8) is 0 Å². The summed E-state index contributed by atoms with van der Waals surface area (Å²) in [4.78, 5) is 22.3. The van der Waals surface area contributed by atoms with Crippen molar-refractivity contribution in [2.45, 2.75) is 6.61 Å². The fraction of sp³-hybridized carbons (Fsp3) is 0.0476. The number of halogens is 1. The molecular weight excluding hydrogens is 410 g/mol. The standard InChI is InChI=1S/C21H16ClN3O5/c22-19-7-2-1-5-15(19)13-30-17-6-3-4-14(10-17)12-23-24-21(27)18-11-16(25(28)29)8-9-20(18)26/h1-12,26H,13H2,(H,24,27)/b23-12+. The number of ether oxygens (including phenoxy) is 1. The Morgan fingerprint density at radius 1 is 1.17 bits per heavy atom. The van der Waals surface area contributed by atoms with Gasteiger partial charge in [-0.2, -0.15) is 5.10 Å². The summed E-state index contributed by atoms with van der Waals surface area (Å²) in [5.74, 6) is -0.580. The molecule has 3 aromatic carbocycles. The smallest absolute Gasteiger partial charge is 0.275 e. The van der Waals surface area contributed by atoms with Crippen LogP contribution in [0.1, 0.15) is 21.5 Å². The number of aromatic hydroxyl groups is 1. The molecule has 0 aliphatic heterocycles. The van der Waals surface area contributed by atoms with Crippen LogP contribution in [0, 0.1) is 10.1 Å². The molecule has 0 fully saturated rings. The lowest BCUT2D eigenvalue weighted by atomic mass is 10.1. The molecule has 152 valence electrons. The molecule has 0 spiro atoms. The molecular formula is C21H16ClN3O5. The Bertz CT molecular complexity index is 1120. The van der Waals surface area contributed by atoms with Gasteiger partial charge in [0.25, 0.3) is 11.6 Å². The van der Waals surface area contributed by atoms with E-state index in [1.807, 2.05) is 18.2 Å². The maximum absolute atomic E-state index is 12.1. The van der Waals surface area contributed by atoms with Crippen LogP contribution in [0.4, 0.5) is 5.69 Å². The predicted molar refractivity (Wildman–Crippen MR) is 112 cm³/mol. The van der Waals surface area contributed by atoms with Crippen molar-refractivity contribution in [1.29, 1.82) is 0 Å². The number of nitro benzene ring substituents is 1. The number of nitrogens with one attached hydrogen (secondary N) is 1. The number of non-ortho nitro benzene ring substituents is 1. The average molecular weight is 426 g/mol. The molecule has 8 nitrogen and oxygen atoms in total. The zero-order chi connectivity index (χ0) is 21.5. The Morgan fingerprint density at radius 2 is 1.97 bits per heavy atom. The molecule has 0 atom stereocenters. The summed E-state index contributed by atoms with van der Waals surface area (Å²) in [6, 6.07) is 17.5. The number of hydrogen-bond acceptors (Lipinski definition) is 6. The van der Waals surface area contributed by atoms with Crippen molar-refractivity contribution in [3.05, 3.63) is 98.6 Å². The van der Waals surface area contributed by atoms with E-state index in [0.717, 1.165) is 23.8 Å². The number of amides is 1. The third-order valence-corrected chi connectivity index (χ3v) is 4.39. The minimum absolute atomic E-state index is 0.252. The molecule has 9 heteroatoms. The van der Waals surface area contributed by atoms with Gasteiger partial charge in [-0.1, -0.05) is 41.9 Å². The lowest BCUT2D eigenvalue weighted by Crippen LogP contribution is -2.18. The summed E-state index contributed by atoms with van der Waals surface area (Å²) < 4.78 is 5.73. The molecule has 30 heavy (non-hydrogen) atoms. The molecule has 3 rings (SSSR count). The number of hydrogen-bond donors (Lipinski definition) is 2. The number of rotatable bonds is 7. The lowest BCUT2D eigenvalue weighted by Gasteiger charge is -2.08. The first-order valence-corrected chi connectivity index (χ1v) is 9.09. The molecule has 0 bridgehead atoms. The van der Waals surface area contributed by atoms with Gasteiger partial charge >= 0.3 is 0 Å². The van der Waals surface area contributed by atoms with E-state index in [1.54, 1.807) is 30.3 Å². The van der Waals surface area contributed by atoms with Crippen LogP contribution < -0.4 is 10.2 Å². The van der Waals surface area contributed by atoms with Crippen LogP contribution in [0.5, 0.6) is 11.5 Å². The predicted octanol–water partition coefficient (Wildman–Crippen LogP) is 4.30. The molecule has 0 saturated heterocycles. The van der Waals surface area contributed by atoms with Gasteiger partial charge in [-0.05, 0) is 29.8 Å². The summed E-state index contributed by atoms with van der Waals surface area (Å²) in [7, 11) is 0. The second kappa shape index (κ2) is 9.53. The highest BCUT2D eigenvalue weighted by Crippen LogP contribution is 2.23. The second-order valence-corrected chi connectivity index (χ2v) is 6.52. The zero-order valence-electron chi connectivity index (χ0n) is 15.5. The molecule has 0 heterocycles. The molecule has 3 aromatic rings. The van der Waals surface area contributed by atoms with Gasteiger partial charge in [0.2, 0.25) is 0 Å². The lowest BCUT2D eigenvalue weighted by molar-refractivity contribution is -0.384. The monoisotopic (exact) mass is 425 g/mol. The number of nitro groups is 1. The summed E-state index contributed by atoms with van der Waals surface area (Å²) in [5, 5.41) is 25.0. The highest BCUT2D eigenvalue weighted by molar-refractivity contribution is 6.31. The van der Waals surface area contributed by atoms with Gasteiger partial charge in [0, 0.05) is 22.7 Å². The first-order chi connectivity index (χ1) is 14.4. The topological polar surface area (TPSA) is 114 Å². The van der Waals surface area contributed by atoms with E-state index >= 15 is 0 Å². The van der Waals surface area contributed by atoms with Crippen LogP contribution in [0.15, 0.2) is 71.8 Å². The summed E-state index contributed by atoms with van der Waals surface area (Å²) in [6.45, 7) is 0.295. The minimum Gasteiger partial charge on any atom is -0.507 e. The molecule has 0 radical (unpaired) electrons. The maximum atomic E-state index is 12.1. The fourth-order valence-electron chi connectivity index (χ4n) is 2.51. The SMILES string of the molecule is O=C(N/N=C/c1cccc(OCc2ccccc2Cl)c1)c1cc([N+](=O)[O-])ccc1O. The van der Waals surface area contributed by atoms with Crippen LogP contribution in [0.3, 0.4) is 0 Å². The van der Waals surface area contributed by atoms with Crippen molar-refractivity contribution in [3.8, 4) is 11.5 Å². The van der Waals surface area contributed by atoms with Crippen molar-refractivity contribution in [2.24, 2.45) is 5.10 Å². The second-order valence-electron chi connectivity index (χ2n) is 6.11. The first kappa shape index (κ1) is 20.8. The maximum Gasteiger partial charge on any atom is 0.275 e. The van der Waals surface area contributed by atoms with Gasteiger partial charge < -0.3 is 9.84 Å². The normalized spacial score (nSPS) is 10.7. The van der Waals surface area contributed by atoms with Gasteiger partial charge in [-0.25, -0.2) is 5.43 Å². The number of carbonyl (C=O) groups excluding carboxylic acids is 1. The highest BCUT2D eigenvalue weighted by Gasteiger charge is 2.16. The van der Waals surface area contributed by atoms with Crippen LogP contribution in [0.25, 0.3) is 0 Å². The van der Waals surface area contributed by atoms with Crippen molar-refractivity contribution < 1.29 is 19.6 Å². The minimum atomic E-state index is -0.779. The number of hydrazone groups is 1. The van der Waals surface area contributed by atoms with E-state index in [2.05, 4.69) is 10.5 Å². The number of nitrogens with zero attached hydrogens (tertiary/aromatic N) is 2. The molecule has 0 aliphatic carbocycles. The molecule has 2 N–H and O–H groups in total. The van der Waals surface area contributed by atoms with E-state index in [9.17, 15) is 20.0 Å². The van der Waals surface area contributed by atoms with E-state index in [4.69, 9.17) is 16.3 Å². The van der Waals surface area contributed by atoms with Gasteiger partial charge in [-0.3, -0.25) is 14.9 Å². The number of phenolic OH excluding ortho intramolecular Hbond substituents is 1. The quantitative estimate of drug-likeness (QED) is 0.333. The Balaban J connectivity index is 1.63. The average Bonchev–Trinajstić information content (AvgIpc) is 2.73. The number of carbonyl (C=O) groups is 1. The van der Waals surface area contributed by atoms with Gasteiger partial charge in [0.15, 0.2) is 0 Å². The van der Waals surface area contributed by atoms with Gasteiger partial charge in [0.05, 0.1) is 16.7 Å². The largest absolute Gasteiger partial charge is 0.507 e. The van der Waals surface area contributed by atoms with Crippen molar-refractivity contribution in [2.75, 3.05) is 0 Å². The van der Waals surface area contributed by atoms with Crippen LogP contribution in [-0.4, -0.2) is 22.2 Å². The Kier molecular flexibility index (Phi) is 6.61. The Labute approximate surface area is 176 Å². The third kappa shape index (κ3) is 5.33. The van der Waals surface area contributed by atoms with Gasteiger partial charge in [0.1, 0.15) is 18.1 Å². The number of phenols is 1. The van der Waals surface area contributed by atoms with Crippen molar-refractivity contribution >= 4 is 29.4 Å². The molecule has 0 saturated carbocycles. The fourth-order valence-corrected chi connectivity index (χ4v) is 2.70. The van der Waals surface area contributed by atoms with E-state index < -0.39 is 10.8 Å². The van der Waals surface area contributed by atoms with Crippen LogP contribution in [0.2, 0.25) is 5.02 Å². The van der Waals surface area contributed by atoms with E-state index in [-0.39, 0.29) is 17.0 Å². The number of benzene rings is 3. The van der Waals surface area contributed by atoms with E-state index in [1.165, 1.54) is 6.21 Å². The van der Waals surface area contributed by atoms with Crippen LogP contribution >= 0.6 is 11.6 Å². The Hall–Kier alpha value is -3.91. The zero-order valence-corrected chi connectivity index (χ0v) is 16.2.